The van der Waals surface area contributed by atoms with Gasteiger partial charge in [-0.1, -0.05) is 12.1 Å². The molecular formula is C19H19N5O4. The van der Waals surface area contributed by atoms with Crippen LogP contribution in [0.15, 0.2) is 41.0 Å². The third-order valence-corrected chi connectivity index (χ3v) is 4.57. The van der Waals surface area contributed by atoms with Gasteiger partial charge in [0, 0.05) is 37.9 Å². The van der Waals surface area contributed by atoms with Crippen molar-refractivity contribution in [3.63, 3.8) is 0 Å². The summed E-state index contributed by atoms with van der Waals surface area (Å²) in [7, 11) is 0. The summed E-state index contributed by atoms with van der Waals surface area (Å²) in [5.41, 5.74) is 1.30. The van der Waals surface area contributed by atoms with Crippen molar-refractivity contribution < 1.29 is 19.4 Å². The molecule has 0 bridgehead atoms. The number of piperazine rings is 1. The second kappa shape index (κ2) is 7.18. The number of rotatable bonds is 4. The van der Waals surface area contributed by atoms with Gasteiger partial charge in [0.25, 0.3) is 6.01 Å². The number of para-hydroxylation sites is 1. The molecule has 0 radical (unpaired) electrons. The molecule has 0 aliphatic carbocycles. The quantitative estimate of drug-likeness (QED) is 0.701. The number of aromatic nitrogens is 3. The lowest BCUT2D eigenvalue weighted by Crippen LogP contribution is -2.47. The van der Waals surface area contributed by atoms with Crippen molar-refractivity contribution >= 4 is 17.8 Å². The van der Waals surface area contributed by atoms with Crippen LogP contribution < -0.4 is 9.80 Å². The summed E-state index contributed by atoms with van der Waals surface area (Å²) in [6.45, 7) is 4.47. The zero-order chi connectivity index (χ0) is 19.7. The molecule has 9 nitrogen and oxygen atoms in total. The highest BCUT2D eigenvalue weighted by atomic mass is 16.4. The van der Waals surface area contributed by atoms with E-state index in [1.165, 1.54) is 0 Å². The van der Waals surface area contributed by atoms with Crippen molar-refractivity contribution in [2.75, 3.05) is 36.0 Å². The summed E-state index contributed by atoms with van der Waals surface area (Å²) in [6, 6.07) is 9.21. The minimum Gasteiger partial charge on any atom is -0.507 e. The predicted octanol–water partition coefficient (Wildman–Crippen LogP) is 2.17. The smallest absolute Gasteiger partial charge is 0.357 e. The molecule has 2 aromatic heterocycles. The molecule has 4 rings (SSSR count). The minimum absolute atomic E-state index is 0.101. The van der Waals surface area contributed by atoms with Gasteiger partial charge in [-0.25, -0.2) is 14.8 Å². The van der Waals surface area contributed by atoms with E-state index in [0.29, 0.717) is 43.6 Å². The van der Waals surface area contributed by atoms with E-state index in [-0.39, 0.29) is 11.4 Å². The molecule has 1 aromatic carbocycles. The first-order valence-corrected chi connectivity index (χ1v) is 8.84. The fourth-order valence-corrected chi connectivity index (χ4v) is 3.13. The Balaban J connectivity index is 1.51. The molecule has 1 fully saturated rings. The fraction of sp³-hybridized carbons (Fsp3) is 0.263. The Kier molecular flexibility index (Phi) is 4.56. The van der Waals surface area contributed by atoms with E-state index in [9.17, 15) is 9.90 Å². The molecule has 3 aromatic rings. The number of carboxylic acid groups (broad SMARTS) is 1. The number of hydrogen-bond acceptors (Lipinski definition) is 8. The van der Waals surface area contributed by atoms with Gasteiger partial charge in [-0.15, -0.1) is 0 Å². The summed E-state index contributed by atoms with van der Waals surface area (Å²) in [5, 5.41) is 19.1. The average molecular weight is 381 g/mol. The SMILES string of the molecule is Cc1cc(N2CCN(c3nc(C(=O)O)co3)CC2)nc(-c2ccccc2O)n1. The molecule has 0 spiro atoms. The lowest BCUT2D eigenvalue weighted by molar-refractivity contribution is 0.0690. The molecule has 0 amide bonds. The molecule has 1 aliphatic rings. The number of anilines is 2. The largest absolute Gasteiger partial charge is 0.507 e. The van der Waals surface area contributed by atoms with Crippen molar-refractivity contribution in [1.29, 1.82) is 0 Å². The van der Waals surface area contributed by atoms with Crippen molar-refractivity contribution in [3.05, 3.63) is 48.0 Å². The van der Waals surface area contributed by atoms with Crippen molar-refractivity contribution in [2.24, 2.45) is 0 Å². The van der Waals surface area contributed by atoms with Crippen LogP contribution in [-0.4, -0.2) is 57.3 Å². The minimum atomic E-state index is -1.11. The second-order valence-electron chi connectivity index (χ2n) is 6.50. The Morgan fingerprint density at radius 3 is 2.46 bits per heavy atom. The van der Waals surface area contributed by atoms with Crippen LogP contribution in [0.1, 0.15) is 16.2 Å². The number of aryl methyl sites for hydroxylation is 1. The van der Waals surface area contributed by atoms with Crippen LogP contribution in [0.4, 0.5) is 11.8 Å². The number of nitrogens with zero attached hydrogens (tertiary/aromatic N) is 5. The Morgan fingerprint density at radius 1 is 1.07 bits per heavy atom. The van der Waals surface area contributed by atoms with E-state index in [0.717, 1.165) is 17.8 Å². The summed E-state index contributed by atoms with van der Waals surface area (Å²) >= 11 is 0. The Bertz CT molecular complexity index is 1010. The molecule has 9 heteroatoms. The molecular weight excluding hydrogens is 362 g/mol. The van der Waals surface area contributed by atoms with Crippen molar-refractivity contribution in [1.82, 2.24) is 15.0 Å². The van der Waals surface area contributed by atoms with Gasteiger partial charge in [0.2, 0.25) is 0 Å². The molecule has 0 saturated carbocycles. The third kappa shape index (κ3) is 3.46. The van der Waals surface area contributed by atoms with Gasteiger partial charge < -0.3 is 24.4 Å². The van der Waals surface area contributed by atoms with Gasteiger partial charge in [-0.05, 0) is 19.1 Å². The third-order valence-electron chi connectivity index (χ3n) is 4.57. The van der Waals surface area contributed by atoms with Gasteiger partial charge >= 0.3 is 5.97 Å². The number of phenolic OH excluding ortho intramolecular Hbond substituents is 1. The highest BCUT2D eigenvalue weighted by Crippen LogP contribution is 2.28. The molecule has 3 heterocycles. The van der Waals surface area contributed by atoms with Gasteiger partial charge in [0.1, 0.15) is 17.8 Å². The number of aromatic hydroxyl groups is 1. The predicted molar refractivity (Wildman–Crippen MR) is 102 cm³/mol. The number of oxazole rings is 1. The molecule has 28 heavy (non-hydrogen) atoms. The number of carbonyl (C=O) groups is 1. The molecule has 0 unspecified atom stereocenters. The number of carboxylic acids is 1. The zero-order valence-corrected chi connectivity index (χ0v) is 15.2. The highest BCUT2D eigenvalue weighted by molar-refractivity contribution is 5.85. The summed E-state index contributed by atoms with van der Waals surface area (Å²) < 4.78 is 5.28. The summed E-state index contributed by atoms with van der Waals surface area (Å²) in [6.07, 6.45) is 1.15. The number of phenols is 1. The van der Waals surface area contributed by atoms with Crippen LogP contribution in [0.25, 0.3) is 11.4 Å². The first-order chi connectivity index (χ1) is 13.5. The van der Waals surface area contributed by atoms with Gasteiger partial charge in [0.15, 0.2) is 11.5 Å². The van der Waals surface area contributed by atoms with Crippen LogP contribution in [0.3, 0.4) is 0 Å². The molecule has 144 valence electrons. The zero-order valence-electron chi connectivity index (χ0n) is 15.2. The molecule has 1 aliphatic heterocycles. The topological polar surface area (TPSA) is 116 Å². The number of benzene rings is 1. The van der Waals surface area contributed by atoms with Crippen LogP contribution in [-0.2, 0) is 0 Å². The van der Waals surface area contributed by atoms with Crippen LogP contribution >= 0.6 is 0 Å². The Labute approximate surface area is 160 Å². The average Bonchev–Trinajstić information content (AvgIpc) is 3.19. The van der Waals surface area contributed by atoms with Crippen LogP contribution in [0, 0.1) is 6.92 Å². The molecule has 1 saturated heterocycles. The molecule has 2 N–H and O–H groups in total. The van der Waals surface area contributed by atoms with E-state index in [2.05, 4.69) is 19.9 Å². The van der Waals surface area contributed by atoms with Crippen LogP contribution in [0.5, 0.6) is 5.75 Å². The molecule has 0 atom stereocenters. The summed E-state index contributed by atoms with van der Waals surface area (Å²) in [4.78, 5) is 28.1. The maximum Gasteiger partial charge on any atom is 0.357 e. The normalized spacial score (nSPS) is 14.3. The van der Waals surface area contributed by atoms with E-state index in [4.69, 9.17) is 9.52 Å². The Hall–Kier alpha value is -3.62. The van der Waals surface area contributed by atoms with E-state index in [1.54, 1.807) is 18.2 Å². The summed E-state index contributed by atoms with van der Waals surface area (Å²) in [5.74, 6) is 0.294. The van der Waals surface area contributed by atoms with Gasteiger partial charge in [-0.2, -0.15) is 4.98 Å². The first kappa shape index (κ1) is 17.8. The Morgan fingerprint density at radius 2 is 1.79 bits per heavy atom. The maximum absolute atomic E-state index is 11.0. The second-order valence-corrected chi connectivity index (χ2v) is 6.50. The van der Waals surface area contributed by atoms with E-state index >= 15 is 0 Å². The fourth-order valence-electron chi connectivity index (χ4n) is 3.13. The van der Waals surface area contributed by atoms with Gasteiger partial charge in [-0.3, -0.25) is 0 Å². The number of aromatic carboxylic acids is 1. The lowest BCUT2D eigenvalue weighted by atomic mass is 10.2. The monoisotopic (exact) mass is 381 g/mol. The van der Waals surface area contributed by atoms with Gasteiger partial charge in [0.05, 0.1) is 5.56 Å². The first-order valence-electron chi connectivity index (χ1n) is 8.84. The van der Waals surface area contributed by atoms with Crippen LogP contribution in [0.2, 0.25) is 0 Å². The maximum atomic E-state index is 11.0. The lowest BCUT2D eigenvalue weighted by Gasteiger charge is -2.34. The standard InChI is InChI=1S/C19H19N5O4/c1-12-10-16(22-17(20-12)13-4-2-3-5-15(13)25)23-6-8-24(9-7-23)19-21-14(11-28-19)18(26)27/h2-5,10-11,25H,6-9H2,1H3,(H,26,27). The van der Waals surface area contributed by atoms with E-state index in [1.807, 2.05) is 24.0 Å². The van der Waals surface area contributed by atoms with E-state index < -0.39 is 5.97 Å². The van der Waals surface area contributed by atoms with Crippen molar-refractivity contribution in [3.8, 4) is 17.1 Å². The van der Waals surface area contributed by atoms with Crippen molar-refractivity contribution in [2.45, 2.75) is 6.92 Å². The number of hydrogen-bond donors (Lipinski definition) is 2. The highest BCUT2D eigenvalue weighted by Gasteiger charge is 2.23.